The smallest absolute Gasteiger partial charge is 0.278 e. The number of hydrogen-bond acceptors (Lipinski definition) is 1. The van der Waals surface area contributed by atoms with Gasteiger partial charge in [-0.05, 0) is 0 Å². The normalized spacial score (nSPS) is 11.5. The maximum Gasteiger partial charge on any atom is 0.395 e. The van der Waals surface area contributed by atoms with E-state index in [9.17, 15) is 30.7 Å². The van der Waals surface area contributed by atoms with Gasteiger partial charge in [0.1, 0.15) is 6.42 Å². The van der Waals surface area contributed by atoms with Crippen molar-refractivity contribution in [2.24, 2.45) is 0 Å². The van der Waals surface area contributed by atoms with Crippen LogP contribution in [0.3, 0.4) is 0 Å². The molecule has 0 amide bonds. The molecule has 0 spiro atoms. The Kier molecular flexibility index (Phi) is 6.23. The second kappa shape index (κ2) is 5.72. The van der Waals surface area contributed by atoms with Gasteiger partial charge in [0.05, 0.1) is 0 Å². The summed E-state index contributed by atoms with van der Waals surface area (Å²) in [5.41, 5.74) is 0. The van der Waals surface area contributed by atoms with Gasteiger partial charge < -0.3 is 0 Å². The number of halogens is 7. The van der Waals surface area contributed by atoms with Gasteiger partial charge in [0.25, 0.3) is 0 Å². The largest absolute Gasteiger partial charge is 0.395 e. The quantitative estimate of drug-likeness (QED) is 0.556. The molecular formula is C7H8F7N. The zero-order valence-electron chi connectivity index (χ0n) is 7.56. The summed E-state index contributed by atoms with van der Waals surface area (Å²) in [6, 6.07) is 0. The molecule has 0 aromatic carbocycles. The second-order valence-corrected chi connectivity index (χ2v) is 2.43. The molecule has 0 rings (SSSR count). The summed E-state index contributed by atoms with van der Waals surface area (Å²) in [5.74, 6) is -7.60. The topological polar surface area (TPSA) is 23.9 Å². The summed E-state index contributed by atoms with van der Waals surface area (Å²) in [4.78, 5) is 0. The van der Waals surface area contributed by atoms with Crippen molar-refractivity contribution in [3.63, 3.8) is 0 Å². The molecular weight excluding hydrogens is 231 g/mol. The van der Waals surface area contributed by atoms with Gasteiger partial charge in [-0.15, -0.1) is 0 Å². The summed E-state index contributed by atoms with van der Waals surface area (Å²) < 4.78 is 79.5. The van der Waals surface area contributed by atoms with Crippen molar-refractivity contribution in [1.29, 1.82) is 5.41 Å². The minimum Gasteiger partial charge on any atom is -0.278 e. The zero-order valence-corrected chi connectivity index (χ0v) is 7.56. The van der Waals surface area contributed by atoms with Crippen LogP contribution in [0.25, 0.3) is 0 Å². The maximum atomic E-state index is 11.8. The van der Waals surface area contributed by atoms with Gasteiger partial charge >= 0.3 is 12.1 Å². The Morgan fingerprint density at radius 3 is 1.47 bits per heavy atom. The number of allylic oxidation sites excluding steroid dienone is 1. The third kappa shape index (κ3) is 12.9. The lowest BCUT2D eigenvalue weighted by Gasteiger charge is -2.14. The van der Waals surface area contributed by atoms with Crippen LogP contribution in [-0.2, 0) is 0 Å². The minimum absolute atomic E-state index is 0.833. The monoisotopic (exact) mass is 239 g/mol. The Morgan fingerprint density at radius 2 is 1.40 bits per heavy atom. The van der Waals surface area contributed by atoms with E-state index in [0.717, 1.165) is 6.92 Å². The molecule has 0 saturated carbocycles. The lowest BCUT2D eigenvalue weighted by atomic mass is 10.2. The molecule has 0 aromatic rings. The molecule has 1 N–H and O–H groups in total. The highest BCUT2D eigenvalue weighted by atomic mass is 19.4. The summed E-state index contributed by atoms with van der Waals surface area (Å²) in [6.07, 6.45) is -7.59. The summed E-state index contributed by atoms with van der Waals surface area (Å²) >= 11 is 0. The SMILES string of the molecule is C=C(F)C(F)(F)CC(F)(F)F.CC(=N)F. The van der Waals surface area contributed by atoms with Crippen LogP contribution in [0.15, 0.2) is 12.4 Å². The number of rotatable bonds is 2. The van der Waals surface area contributed by atoms with Gasteiger partial charge in [0.2, 0.25) is 0 Å². The van der Waals surface area contributed by atoms with Crippen molar-refractivity contribution < 1.29 is 30.7 Å². The molecule has 0 radical (unpaired) electrons. The molecule has 0 aromatic heterocycles. The van der Waals surface area contributed by atoms with Crippen LogP contribution in [0.1, 0.15) is 13.3 Å². The van der Waals surface area contributed by atoms with Crippen LogP contribution in [-0.4, -0.2) is 18.1 Å². The van der Waals surface area contributed by atoms with Crippen molar-refractivity contribution in [2.75, 3.05) is 0 Å². The van der Waals surface area contributed by atoms with Crippen molar-refractivity contribution in [1.82, 2.24) is 0 Å². The van der Waals surface area contributed by atoms with E-state index < -0.39 is 30.3 Å². The summed E-state index contributed by atoms with van der Waals surface area (Å²) in [6.45, 7) is 3.18. The number of nitrogens with one attached hydrogen (secondary N) is 1. The molecule has 0 aliphatic carbocycles. The first kappa shape index (κ1) is 16.4. The van der Waals surface area contributed by atoms with Gasteiger partial charge in [-0.2, -0.15) is 26.3 Å². The Bertz CT molecular complexity index is 226. The van der Waals surface area contributed by atoms with E-state index in [-0.39, 0.29) is 0 Å². The van der Waals surface area contributed by atoms with E-state index in [4.69, 9.17) is 5.41 Å². The summed E-state index contributed by atoms with van der Waals surface area (Å²) in [7, 11) is 0. The first-order valence-corrected chi connectivity index (χ1v) is 3.38. The van der Waals surface area contributed by atoms with Crippen LogP contribution < -0.4 is 0 Å². The lowest BCUT2D eigenvalue weighted by Crippen LogP contribution is -2.25. The van der Waals surface area contributed by atoms with Crippen LogP contribution in [0.2, 0.25) is 0 Å². The Balaban J connectivity index is 0. The Morgan fingerprint density at radius 1 is 1.13 bits per heavy atom. The van der Waals surface area contributed by atoms with Gasteiger partial charge in [0.15, 0.2) is 11.8 Å². The van der Waals surface area contributed by atoms with E-state index in [1.54, 1.807) is 0 Å². The molecule has 1 nitrogen and oxygen atoms in total. The molecule has 0 heterocycles. The fourth-order valence-corrected chi connectivity index (χ4v) is 0.348. The molecule has 0 aliphatic heterocycles. The predicted octanol–water partition coefficient (Wildman–Crippen LogP) is 4.01. The van der Waals surface area contributed by atoms with E-state index in [2.05, 4.69) is 6.58 Å². The standard InChI is InChI=1S/C5H4F6.C2H4FN/c1-3(6)4(7,8)2-5(9,10)11;1-2(3)4/h1-2H2;4H,1H3. The van der Waals surface area contributed by atoms with Gasteiger partial charge in [0, 0.05) is 6.92 Å². The average Bonchev–Trinajstić information content (AvgIpc) is 1.78. The van der Waals surface area contributed by atoms with E-state index >= 15 is 0 Å². The van der Waals surface area contributed by atoms with Gasteiger partial charge in [-0.3, -0.25) is 5.41 Å². The van der Waals surface area contributed by atoms with Crippen molar-refractivity contribution in [3.8, 4) is 0 Å². The molecule has 8 heteroatoms. The van der Waals surface area contributed by atoms with E-state index in [1.165, 1.54) is 0 Å². The fraction of sp³-hybridized carbons (Fsp3) is 0.571. The first-order valence-electron chi connectivity index (χ1n) is 3.38. The Labute approximate surface area is 81.1 Å². The van der Waals surface area contributed by atoms with Gasteiger partial charge in [-0.25, -0.2) is 4.39 Å². The molecule has 90 valence electrons. The number of alkyl halides is 5. The van der Waals surface area contributed by atoms with Crippen molar-refractivity contribution in [3.05, 3.63) is 12.4 Å². The first-order chi connectivity index (χ1) is 6.38. The lowest BCUT2D eigenvalue weighted by molar-refractivity contribution is -0.181. The molecule has 15 heavy (non-hydrogen) atoms. The molecule has 0 bridgehead atoms. The highest BCUT2D eigenvalue weighted by Gasteiger charge is 2.46. The highest BCUT2D eigenvalue weighted by molar-refractivity contribution is 5.67. The minimum atomic E-state index is -5.08. The van der Waals surface area contributed by atoms with Crippen molar-refractivity contribution in [2.45, 2.75) is 25.4 Å². The predicted molar refractivity (Wildman–Crippen MR) is 40.4 cm³/mol. The van der Waals surface area contributed by atoms with E-state index in [0.29, 0.717) is 0 Å². The number of hydrogen-bond donors (Lipinski definition) is 1. The average molecular weight is 239 g/mol. The fourth-order valence-electron chi connectivity index (χ4n) is 0.348. The molecule has 0 fully saturated rings. The second-order valence-electron chi connectivity index (χ2n) is 2.43. The molecule has 0 atom stereocenters. The third-order valence-corrected chi connectivity index (χ3v) is 0.819. The molecule has 0 aliphatic rings. The molecule has 0 saturated heterocycles. The van der Waals surface area contributed by atoms with Crippen LogP contribution in [0.4, 0.5) is 30.7 Å². The van der Waals surface area contributed by atoms with Crippen LogP contribution >= 0.6 is 0 Å². The maximum absolute atomic E-state index is 11.8. The highest BCUT2D eigenvalue weighted by Crippen LogP contribution is 2.36. The van der Waals surface area contributed by atoms with Gasteiger partial charge in [-0.1, -0.05) is 6.58 Å². The molecule has 0 unspecified atom stereocenters. The Hall–Kier alpha value is -1.08. The van der Waals surface area contributed by atoms with Crippen LogP contribution in [0, 0.1) is 5.41 Å². The van der Waals surface area contributed by atoms with E-state index in [1.807, 2.05) is 0 Å². The third-order valence-electron chi connectivity index (χ3n) is 0.819. The zero-order chi connectivity index (χ0) is 12.9. The van der Waals surface area contributed by atoms with Crippen LogP contribution in [0.5, 0.6) is 0 Å². The van der Waals surface area contributed by atoms with Crippen molar-refractivity contribution >= 4 is 5.97 Å². The summed E-state index contributed by atoms with van der Waals surface area (Å²) in [5, 5.41) is 5.83.